The molecule has 1 saturated heterocycles. The first-order valence-corrected chi connectivity index (χ1v) is 9.07. The second kappa shape index (κ2) is 6.86. The van der Waals surface area contributed by atoms with Gasteiger partial charge in [-0.25, -0.2) is 9.48 Å². The van der Waals surface area contributed by atoms with Crippen molar-refractivity contribution in [2.75, 3.05) is 6.54 Å². The molecule has 4 rings (SSSR count). The minimum absolute atomic E-state index is 0.252. The van der Waals surface area contributed by atoms with Crippen molar-refractivity contribution in [3.8, 4) is 5.69 Å². The molecule has 0 bridgehead atoms. The van der Waals surface area contributed by atoms with E-state index < -0.39 is 11.6 Å². The van der Waals surface area contributed by atoms with Gasteiger partial charge in [-0.2, -0.15) is 5.10 Å². The lowest BCUT2D eigenvalue weighted by Gasteiger charge is -2.19. The maximum Gasteiger partial charge on any atom is 0.325 e. The zero-order chi connectivity index (χ0) is 18.9. The second-order valence-electron chi connectivity index (χ2n) is 7.00. The van der Waals surface area contributed by atoms with Gasteiger partial charge in [-0.15, -0.1) is 0 Å². The first kappa shape index (κ1) is 17.3. The van der Waals surface area contributed by atoms with E-state index in [1.54, 1.807) is 10.9 Å². The number of hydrogen-bond acceptors (Lipinski definition) is 4. The Morgan fingerprint density at radius 3 is 2.59 bits per heavy atom. The predicted molar refractivity (Wildman–Crippen MR) is 96.9 cm³/mol. The highest BCUT2D eigenvalue weighted by atomic mass is 16.2. The molecule has 0 radical (unpaired) electrons. The summed E-state index contributed by atoms with van der Waals surface area (Å²) in [6.45, 7) is 0.0742. The van der Waals surface area contributed by atoms with Crippen LogP contribution in [0.3, 0.4) is 0 Å². The molecule has 2 aliphatic rings. The highest BCUT2D eigenvalue weighted by Crippen LogP contribution is 2.34. The lowest BCUT2D eigenvalue weighted by atomic mass is 9.98. The number of urea groups is 1. The van der Waals surface area contributed by atoms with E-state index in [2.05, 4.69) is 15.7 Å². The minimum Gasteiger partial charge on any atom is -0.350 e. The molecule has 8 heteroatoms. The fourth-order valence-electron chi connectivity index (χ4n) is 3.73. The van der Waals surface area contributed by atoms with Crippen molar-refractivity contribution >= 4 is 17.8 Å². The molecular formula is C19H21N5O3. The third kappa shape index (κ3) is 3.30. The first-order valence-electron chi connectivity index (χ1n) is 9.07. The summed E-state index contributed by atoms with van der Waals surface area (Å²) >= 11 is 0. The van der Waals surface area contributed by atoms with Crippen LogP contribution in [0, 0.1) is 0 Å². The van der Waals surface area contributed by atoms with E-state index in [1.807, 2.05) is 36.5 Å². The van der Waals surface area contributed by atoms with Crippen LogP contribution < -0.4 is 10.6 Å². The van der Waals surface area contributed by atoms with E-state index in [0.717, 1.165) is 29.0 Å². The smallest absolute Gasteiger partial charge is 0.325 e. The molecule has 2 fully saturated rings. The van der Waals surface area contributed by atoms with Crippen molar-refractivity contribution in [2.24, 2.45) is 0 Å². The molecule has 8 nitrogen and oxygen atoms in total. The van der Waals surface area contributed by atoms with Gasteiger partial charge in [0.15, 0.2) is 0 Å². The van der Waals surface area contributed by atoms with Gasteiger partial charge in [0.05, 0.1) is 5.69 Å². The van der Waals surface area contributed by atoms with Gasteiger partial charge in [0.1, 0.15) is 12.1 Å². The molecule has 140 valence electrons. The van der Waals surface area contributed by atoms with E-state index in [0.29, 0.717) is 19.4 Å². The van der Waals surface area contributed by atoms with Crippen molar-refractivity contribution < 1.29 is 14.4 Å². The van der Waals surface area contributed by atoms with Crippen LogP contribution in [0.15, 0.2) is 42.7 Å². The van der Waals surface area contributed by atoms with Crippen molar-refractivity contribution in [3.63, 3.8) is 0 Å². The normalized spacial score (nSPS) is 18.1. The van der Waals surface area contributed by atoms with Crippen molar-refractivity contribution in [2.45, 2.75) is 37.8 Å². The highest BCUT2D eigenvalue weighted by Gasteiger charge is 2.52. The summed E-state index contributed by atoms with van der Waals surface area (Å²) < 4.78 is 1.75. The van der Waals surface area contributed by atoms with Gasteiger partial charge in [0, 0.05) is 18.9 Å². The van der Waals surface area contributed by atoms with E-state index in [-0.39, 0.29) is 18.4 Å². The van der Waals surface area contributed by atoms with Gasteiger partial charge in [-0.1, -0.05) is 25.0 Å². The molecule has 1 aliphatic heterocycles. The molecule has 27 heavy (non-hydrogen) atoms. The summed E-state index contributed by atoms with van der Waals surface area (Å²) in [6, 6.07) is 9.00. The number of imide groups is 1. The molecule has 1 aliphatic carbocycles. The Kier molecular flexibility index (Phi) is 4.39. The first-order chi connectivity index (χ1) is 13.1. The molecule has 1 aromatic carbocycles. The third-order valence-electron chi connectivity index (χ3n) is 5.20. The number of carbonyl (C=O) groups is 3. The number of hydrogen-bond donors (Lipinski definition) is 2. The van der Waals surface area contributed by atoms with Crippen molar-refractivity contribution in [1.29, 1.82) is 0 Å². The van der Waals surface area contributed by atoms with Gasteiger partial charge >= 0.3 is 6.03 Å². The summed E-state index contributed by atoms with van der Waals surface area (Å²) in [7, 11) is 0. The molecule has 1 saturated carbocycles. The van der Waals surface area contributed by atoms with Crippen LogP contribution in [-0.4, -0.2) is 44.6 Å². The van der Waals surface area contributed by atoms with E-state index in [9.17, 15) is 14.4 Å². The van der Waals surface area contributed by atoms with E-state index in [4.69, 9.17) is 0 Å². The van der Waals surface area contributed by atoms with Gasteiger partial charge in [0.25, 0.3) is 5.91 Å². The Labute approximate surface area is 156 Å². The zero-order valence-corrected chi connectivity index (χ0v) is 14.9. The van der Waals surface area contributed by atoms with Crippen LogP contribution in [0.1, 0.15) is 31.2 Å². The van der Waals surface area contributed by atoms with Gasteiger partial charge < -0.3 is 10.6 Å². The van der Waals surface area contributed by atoms with Crippen molar-refractivity contribution in [3.05, 3.63) is 48.3 Å². The number of rotatable bonds is 5. The number of amides is 4. The molecule has 1 aromatic heterocycles. The Bertz CT molecular complexity index is 854. The molecule has 4 amide bonds. The summed E-state index contributed by atoms with van der Waals surface area (Å²) in [5.74, 6) is -0.631. The molecule has 0 unspecified atom stereocenters. The Balaban J connectivity index is 1.32. The standard InChI is InChI=1S/C19H21N5O3/c25-16(13-23-17(26)19(22-18(23)27)8-1-2-9-19)20-12-14-4-6-15(7-5-14)24-11-3-10-21-24/h3-7,10-11H,1-2,8-9,12-13H2,(H,20,25)(H,22,27). The predicted octanol–water partition coefficient (Wildman–Crippen LogP) is 1.35. The van der Waals surface area contributed by atoms with Crippen LogP contribution in [0.25, 0.3) is 5.69 Å². The summed E-state index contributed by atoms with van der Waals surface area (Å²) in [6.07, 6.45) is 6.70. The lowest BCUT2D eigenvalue weighted by molar-refractivity contribution is -0.134. The fraction of sp³-hybridized carbons (Fsp3) is 0.368. The molecule has 2 N–H and O–H groups in total. The summed E-state index contributed by atoms with van der Waals surface area (Å²) in [5, 5.41) is 9.71. The quantitative estimate of drug-likeness (QED) is 0.780. The van der Waals surface area contributed by atoms with Gasteiger partial charge in [-0.05, 0) is 36.6 Å². The molecule has 1 spiro atoms. The van der Waals surface area contributed by atoms with Gasteiger partial charge in [-0.3, -0.25) is 14.5 Å². The van der Waals surface area contributed by atoms with Crippen LogP contribution in [0.4, 0.5) is 4.79 Å². The number of carbonyl (C=O) groups excluding carboxylic acids is 3. The summed E-state index contributed by atoms with van der Waals surface area (Å²) in [4.78, 5) is 37.9. The number of aromatic nitrogens is 2. The fourth-order valence-corrected chi connectivity index (χ4v) is 3.73. The number of nitrogens with zero attached hydrogens (tertiary/aromatic N) is 3. The molecule has 2 aromatic rings. The van der Waals surface area contributed by atoms with E-state index in [1.165, 1.54) is 0 Å². The van der Waals surface area contributed by atoms with Crippen LogP contribution in [-0.2, 0) is 16.1 Å². The average Bonchev–Trinajstić information content (AvgIpc) is 3.40. The Hall–Kier alpha value is -3.16. The van der Waals surface area contributed by atoms with E-state index >= 15 is 0 Å². The summed E-state index contributed by atoms with van der Waals surface area (Å²) in [5.41, 5.74) is 1.07. The van der Waals surface area contributed by atoms with Crippen LogP contribution in [0.2, 0.25) is 0 Å². The number of benzene rings is 1. The van der Waals surface area contributed by atoms with Crippen LogP contribution >= 0.6 is 0 Å². The van der Waals surface area contributed by atoms with Crippen molar-refractivity contribution in [1.82, 2.24) is 25.3 Å². The zero-order valence-electron chi connectivity index (χ0n) is 14.9. The Morgan fingerprint density at radius 2 is 1.93 bits per heavy atom. The lowest BCUT2D eigenvalue weighted by Crippen LogP contribution is -2.45. The minimum atomic E-state index is -0.778. The third-order valence-corrected chi connectivity index (χ3v) is 5.20. The molecule has 0 atom stereocenters. The van der Waals surface area contributed by atoms with Gasteiger partial charge in [0.2, 0.25) is 5.91 Å². The Morgan fingerprint density at radius 1 is 1.19 bits per heavy atom. The number of nitrogens with one attached hydrogen (secondary N) is 2. The molecular weight excluding hydrogens is 346 g/mol. The topological polar surface area (TPSA) is 96.3 Å². The molecule has 2 heterocycles. The van der Waals surface area contributed by atoms with Crippen LogP contribution in [0.5, 0.6) is 0 Å². The largest absolute Gasteiger partial charge is 0.350 e. The monoisotopic (exact) mass is 367 g/mol. The maximum atomic E-state index is 12.6. The highest BCUT2D eigenvalue weighted by molar-refractivity contribution is 6.09. The maximum absolute atomic E-state index is 12.6. The SMILES string of the molecule is O=C(CN1C(=O)NC2(CCCC2)C1=O)NCc1ccc(-n2cccn2)cc1. The second-order valence-corrected chi connectivity index (χ2v) is 7.00. The average molecular weight is 367 g/mol.